The third-order valence-electron chi connectivity index (χ3n) is 5.67. The Labute approximate surface area is 170 Å². The Bertz CT molecular complexity index is 966. The van der Waals surface area contributed by atoms with Crippen LogP contribution in [0.4, 0.5) is 5.88 Å². The first kappa shape index (κ1) is 20.7. The predicted molar refractivity (Wildman–Crippen MR) is 108 cm³/mol. The highest BCUT2D eigenvalue weighted by Gasteiger charge is 2.29. The molecule has 154 valence electrons. The Morgan fingerprint density at radius 2 is 2.07 bits per heavy atom. The van der Waals surface area contributed by atoms with Crippen molar-refractivity contribution in [2.45, 2.75) is 39.2 Å². The van der Waals surface area contributed by atoms with Crippen molar-refractivity contribution >= 4 is 17.7 Å². The van der Waals surface area contributed by atoms with Crippen molar-refractivity contribution in [3.63, 3.8) is 0 Å². The van der Waals surface area contributed by atoms with Gasteiger partial charge in [0, 0.05) is 25.4 Å². The monoisotopic (exact) mass is 397 g/mol. The molecular weight excluding hydrogens is 370 g/mol. The second-order valence-corrected chi connectivity index (χ2v) is 7.41. The number of aryl methyl sites for hydroxylation is 1. The molecule has 3 heterocycles. The van der Waals surface area contributed by atoms with E-state index in [-0.39, 0.29) is 30.3 Å². The van der Waals surface area contributed by atoms with Crippen molar-refractivity contribution in [2.75, 3.05) is 25.5 Å². The number of aromatic nitrogens is 1. The number of piperidine rings is 1. The number of nitrogens with one attached hydrogen (secondary N) is 2. The molecule has 0 saturated carbocycles. The number of likely N-dealkylation sites (tertiary alicyclic amines) is 1. The number of carbonyl (C=O) groups is 2. The fourth-order valence-electron chi connectivity index (χ4n) is 3.93. The minimum absolute atomic E-state index is 0.0495. The first-order valence-corrected chi connectivity index (χ1v) is 9.79. The number of nitrogens with zero attached hydrogens (tertiary/aromatic N) is 3. The molecule has 0 radical (unpaired) electrons. The number of hydrogen-bond acceptors (Lipinski definition) is 5. The van der Waals surface area contributed by atoms with E-state index in [2.05, 4.69) is 21.6 Å². The van der Waals surface area contributed by atoms with Gasteiger partial charge >= 0.3 is 0 Å². The van der Waals surface area contributed by atoms with Crippen molar-refractivity contribution in [1.29, 1.82) is 5.26 Å². The third-order valence-corrected chi connectivity index (χ3v) is 5.67. The van der Waals surface area contributed by atoms with Crippen LogP contribution in [0.1, 0.15) is 58.4 Å². The lowest BCUT2D eigenvalue weighted by Crippen LogP contribution is -2.40. The Kier molecular flexibility index (Phi) is 6.09. The average molecular weight is 397 g/mol. The lowest BCUT2D eigenvalue weighted by molar-refractivity contribution is -0.118. The van der Waals surface area contributed by atoms with Crippen molar-refractivity contribution in [3.8, 4) is 6.07 Å². The average Bonchev–Trinajstić information content (AvgIpc) is 3.21. The predicted octanol–water partition coefficient (Wildman–Crippen LogP) is 2.63. The standard InChI is InChI=1S/C21H27N5O3/c1-13-14(2)29-21(15(13)11-22)24-19(27)12-26-10-6-5-7-17(26)16-8-9-18(25(16)4)20(28)23-3/h8-9,17H,5-7,10,12H2,1-4H3,(H,23,28)(H,24,27). The maximum atomic E-state index is 12.7. The molecule has 2 N–H and O–H groups in total. The molecule has 1 fully saturated rings. The maximum absolute atomic E-state index is 12.7. The van der Waals surface area contributed by atoms with Crippen LogP contribution in [-0.4, -0.2) is 41.4 Å². The highest BCUT2D eigenvalue weighted by molar-refractivity contribution is 5.93. The molecule has 1 atom stereocenters. The Morgan fingerprint density at radius 3 is 2.76 bits per heavy atom. The summed E-state index contributed by atoms with van der Waals surface area (Å²) < 4.78 is 7.44. The van der Waals surface area contributed by atoms with E-state index in [0.717, 1.165) is 37.1 Å². The molecule has 1 unspecified atom stereocenters. The normalized spacial score (nSPS) is 17.0. The van der Waals surface area contributed by atoms with E-state index >= 15 is 0 Å². The molecule has 1 aliphatic rings. The Morgan fingerprint density at radius 1 is 1.31 bits per heavy atom. The van der Waals surface area contributed by atoms with Gasteiger partial charge in [0.05, 0.1) is 12.6 Å². The Balaban J connectivity index is 1.76. The van der Waals surface area contributed by atoms with Gasteiger partial charge in [-0.2, -0.15) is 5.26 Å². The molecule has 8 heteroatoms. The molecule has 0 bridgehead atoms. The van der Waals surface area contributed by atoms with Crippen LogP contribution in [0.3, 0.4) is 0 Å². The lowest BCUT2D eigenvalue weighted by Gasteiger charge is -2.35. The summed E-state index contributed by atoms with van der Waals surface area (Å²) in [6.07, 6.45) is 3.00. The van der Waals surface area contributed by atoms with E-state index in [9.17, 15) is 14.9 Å². The van der Waals surface area contributed by atoms with Gasteiger partial charge in [-0.1, -0.05) is 6.42 Å². The zero-order valence-corrected chi connectivity index (χ0v) is 17.3. The fraction of sp³-hybridized carbons (Fsp3) is 0.476. The van der Waals surface area contributed by atoms with Crippen LogP contribution in [-0.2, 0) is 11.8 Å². The molecular formula is C21H27N5O3. The van der Waals surface area contributed by atoms with E-state index in [1.807, 2.05) is 23.7 Å². The molecule has 29 heavy (non-hydrogen) atoms. The van der Waals surface area contributed by atoms with E-state index in [1.54, 1.807) is 20.9 Å². The van der Waals surface area contributed by atoms with Gasteiger partial charge in [-0.05, 0) is 45.4 Å². The van der Waals surface area contributed by atoms with Gasteiger partial charge in [-0.15, -0.1) is 0 Å². The molecule has 8 nitrogen and oxygen atoms in total. The summed E-state index contributed by atoms with van der Waals surface area (Å²) in [5.74, 6) is 0.481. The lowest BCUT2D eigenvalue weighted by atomic mass is 9.99. The third kappa shape index (κ3) is 4.05. The van der Waals surface area contributed by atoms with Crippen LogP contribution in [0.2, 0.25) is 0 Å². The van der Waals surface area contributed by atoms with Gasteiger partial charge in [0.2, 0.25) is 11.8 Å². The first-order chi connectivity index (χ1) is 13.9. The number of amides is 2. The van der Waals surface area contributed by atoms with Crippen molar-refractivity contribution in [2.24, 2.45) is 7.05 Å². The second-order valence-electron chi connectivity index (χ2n) is 7.41. The smallest absolute Gasteiger partial charge is 0.267 e. The molecule has 0 spiro atoms. The number of carbonyl (C=O) groups excluding carboxylic acids is 2. The van der Waals surface area contributed by atoms with Crippen LogP contribution in [0, 0.1) is 25.2 Å². The number of hydrogen-bond donors (Lipinski definition) is 2. The number of nitriles is 1. The summed E-state index contributed by atoms with van der Waals surface area (Å²) in [5, 5.41) is 14.7. The minimum Gasteiger partial charge on any atom is -0.444 e. The largest absolute Gasteiger partial charge is 0.444 e. The zero-order valence-electron chi connectivity index (χ0n) is 17.3. The van der Waals surface area contributed by atoms with Gasteiger partial charge in [-0.3, -0.25) is 19.8 Å². The Hall–Kier alpha value is -3.05. The molecule has 0 aliphatic carbocycles. The van der Waals surface area contributed by atoms with Crippen LogP contribution in [0.15, 0.2) is 16.5 Å². The molecule has 2 aromatic rings. The minimum atomic E-state index is -0.220. The van der Waals surface area contributed by atoms with E-state index in [0.29, 0.717) is 17.0 Å². The second kappa shape index (κ2) is 8.53. The van der Waals surface area contributed by atoms with Crippen molar-refractivity contribution in [3.05, 3.63) is 40.4 Å². The van der Waals surface area contributed by atoms with Gasteiger partial charge in [-0.25, -0.2) is 0 Å². The van der Waals surface area contributed by atoms with E-state index in [1.165, 1.54) is 0 Å². The summed E-state index contributed by atoms with van der Waals surface area (Å²) >= 11 is 0. The fourth-order valence-corrected chi connectivity index (χ4v) is 3.93. The molecule has 2 aromatic heterocycles. The van der Waals surface area contributed by atoms with Gasteiger partial charge in [0.15, 0.2) is 0 Å². The van der Waals surface area contributed by atoms with E-state index in [4.69, 9.17) is 4.42 Å². The highest BCUT2D eigenvalue weighted by Crippen LogP contribution is 2.32. The highest BCUT2D eigenvalue weighted by atomic mass is 16.4. The summed E-state index contributed by atoms with van der Waals surface area (Å²) in [4.78, 5) is 26.9. The van der Waals surface area contributed by atoms with Gasteiger partial charge in [0.1, 0.15) is 23.1 Å². The van der Waals surface area contributed by atoms with Crippen molar-refractivity contribution < 1.29 is 14.0 Å². The first-order valence-electron chi connectivity index (χ1n) is 9.79. The number of anilines is 1. The number of rotatable bonds is 5. The van der Waals surface area contributed by atoms with Gasteiger partial charge in [0.25, 0.3) is 5.91 Å². The summed E-state index contributed by atoms with van der Waals surface area (Å²) in [6, 6.07) is 5.91. The number of furan rings is 1. The summed E-state index contributed by atoms with van der Waals surface area (Å²) in [6.45, 7) is 4.55. The van der Waals surface area contributed by atoms with Gasteiger partial charge < -0.3 is 14.3 Å². The quantitative estimate of drug-likeness (QED) is 0.807. The molecule has 0 aromatic carbocycles. The van der Waals surface area contributed by atoms with E-state index < -0.39 is 0 Å². The van der Waals surface area contributed by atoms with Crippen LogP contribution in [0.5, 0.6) is 0 Å². The maximum Gasteiger partial charge on any atom is 0.267 e. The summed E-state index contributed by atoms with van der Waals surface area (Å²) in [7, 11) is 3.49. The molecule has 3 rings (SSSR count). The molecule has 1 saturated heterocycles. The zero-order chi connectivity index (χ0) is 21.1. The van der Waals surface area contributed by atoms with Crippen LogP contribution < -0.4 is 10.6 Å². The van der Waals surface area contributed by atoms with Crippen LogP contribution >= 0.6 is 0 Å². The molecule has 1 aliphatic heterocycles. The molecule has 2 amide bonds. The topological polar surface area (TPSA) is 103 Å². The van der Waals surface area contributed by atoms with Crippen molar-refractivity contribution in [1.82, 2.24) is 14.8 Å². The van der Waals surface area contributed by atoms with Crippen LogP contribution in [0.25, 0.3) is 0 Å². The SMILES string of the molecule is CNC(=O)c1ccc(C2CCCCN2CC(=O)Nc2oc(C)c(C)c2C#N)n1C. The summed E-state index contributed by atoms with van der Waals surface area (Å²) in [5.41, 5.74) is 2.71.